The van der Waals surface area contributed by atoms with Crippen molar-refractivity contribution in [1.82, 2.24) is 10.2 Å². The number of anilines is 1. The number of amides is 3. The highest BCUT2D eigenvalue weighted by Gasteiger charge is 2.22. The summed E-state index contributed by atoms with van der Waals surface area (Å²) in [5, 5.41) is 8.01. The van der Waals surface area contributed by atoms with Crippen LogP contribution in [0.15, 0.2) is 35.7 Å². The van der Waals surface area contributed by atoms with Gasteiger partial charge in [0.25, 0.3) is 5.91 Å². The van der Waals surface area contributed by atoms with E-state index in [2.05, 4.69) is 22.1 Å². The molecule has 0 aliphatic carbocycles. The third-order valence-electron chi connectivity index (χ3n) is 4.83. The van der Waals surface area contributed by atoms with Crippen molar-refractivity contribution in [3.05, 3.63) is 51.7 Å². The minimum Gasteiger partial charge on any atom is -0.347 e. The van der Waals surface area contributed by atoms with E-state index in [4.69, 9.17) is 0 Å². The Hall–Kier alpha value is -2.34. The molecule has 0 saturated heterocycles. The van der Waals surface area contributed by atoms with Gasteiger partial charge < -0.3 is 15.5 Å². The Kier molecular flexibility index (Phi) is 5.32. The van der Waals surface area contributed by atoms with E-state index in [1.165, 1.54) is 10.4 Å². The number of nitrogens with zero attached hydrogens (tertiary/aromatic N) is 1. The number of carbonyl (C=O) groups is 2. The van der Waals surface area contributed by atoms with E-state index in [-0.39, 0.29) is 17.5 Å². The van der Waals surface area contributed by atoms with E-state index in [9.17, 15) is 9.59 Å². The Balaban J connectivity index is 1.59. The summed E-state index contributed by atoms with van der Waals surface area (Å²) < 4.78 is 0. The number of hydrogen-bond donors (Lipinski definition) is 2. The first-order chi connectivity index (χ1) is 12.4. The number of fused-ring (bicyclic) bond motifs is 1. The molecule has 2 aromatic rings. The van der Waals surface area contributed by atoms with Crippen LogP contribution in [0.2, 0.25) is 0 Å². The summed E-state index contributed by atoms with van der Waals surface area (Å²) in [5.41, 5.74) is 2.28. The Bertz CT molecular complexity index is 796. The lowest BCUT2D eigenvalue weighted by molar-refractivity contribution is 0.0911. The predicted octanol–water partition coefficient (Wildman–Crippen LogP) is 4.26. The number of nitrogens with one attached hydrogen (secondary N) is 2. The van der Waals surface area contributed by atoms with Gasteiger partial charge in [-0.15, -0.1) is 11.3 Å². The Morgan fingerprint density at radius 1 is 1.19 bits per heavy atom. The zero-order valence-corrected chi connectivity index (χ0v) is 16.3. The van der Waals surface area contributed by atoms with Crippen LogP contribution in [0.3, 0.4) is 0 Å². The zero-order valence-electron chi connectivity index (χ0n) is 15.5. The van der Waals surface area contributed by atoms with Crippen molar-refractivity contribution >= 4 is 29.0 Å². The van der Waals surface area contributed by atoms with Crippen LogP contribution in [0.25, 0.3) is 0 Å². The molecule has 1 aromatic carbocycles. The lowest BCUT2D eigenvalue weighted by Gasteiger charge is -2.27. The summed E-state index contributed by atoms with van der Waals surface area (Å²) >= 11 is 1.76. The van der Waals surface area contributed by atoms with Gasteiger partial charge in [0.2, 0.25) is 0 Å². The number of hydrogen-bond acceptors (Lipinski definition) is 3. The van der Waals surface area contributed by atoms with Crippen LogP contribution in [0.1, 0.15) is 48.0 Å². The molecule has 6 heteroatoms. The molecule has 1 aromatic heterocycles. The third-order valence-corrected chi connectivity index (χ3v) is 5.85. The lowest BCUT2D eigenvalue weighted by Crippen LogP contribution is -2.42. The van der Waals surface area contributed by atoms with Gasteiger partial charge in [0.05, 0.1) is 0 Å². The summed E-state index contributed by atoms with van der Waals surface area (Å²) in [5.74, 6) is -0.101. The van der Waals surface area contributed by atoms with E-state index >= 15 is 0 Å². The molecule has 0 atom stereocenters. The predicted molar refractivity (Wildman–Crippen MR) is 106 cm³/mol. The average Bonchev–Trinajstić information content (AvgIpc) is 3.09. The number of thiophene rings is 1. The largest absolute Gasteiger partial charge is 0.347 e. The van der Waals surface area contributed by atoms with Crippen molar-refractivity contribution in [3.8, 4) is 0 Å². The smallest absolute Gasteiger partial charge is 0.322 e. The monoisotopic (exact) mass is 371 g/mol. The highest BCUT2D eigenvalue weighted by molar-refractivity contribution is 7.10. The van der Waals surface area contributed by atoms with Gasteiger partial charge in [0, 0.05) is 34.8 Å². The van der Waals surface area contributed by atoms with Crippen molar-refractivity contribution in [3.63, 3.8) is 0 Å². The van der Waals surface area contributed by atoms with E-state index < -0.39 is 0 Å². The highest BCUT2D eigenvalue weighted by Crippen LogP contribution is 2.24. The lowest BCUT2D eigenvalue weighted by atomic mass is 10.0. The first-order valence-corrected chi connectivity index (χ1v) is 9.79. The van der Waals surface area contributed by atoms with Gasteiger partial charge in [-0.25, -0.2) is 4.79 Å². The Morgan fingerprint density at radius 2 is 1.92 bits per heavy atom. The first-order valence-electron chi connectivity index (χ1n) is 8.92. The molecule has 2 N–H and O–H groups in total. The molecule has 0 saturated carbocycles. The van der Waals surface area contributed by atoms with Crippen LogP contribution in [0.4, 0.5) is 10.5 Å². The minimum absolute atomic E-state index is 0.101. The second-order valence-corrected chi connectivity index (χ2v) is 8.24. The molecule has 138 valence electrons. The second kappa shape index (κ2) is 7.50. The number of rotatable bonds is 4. The van der Waals surface area contributed by atoms with Gasteiger partial charge in [-0.2, -0.15) is 0 Å². The van der Waals surface area contributed by atoms with Gasteiger partial charge >= 0.3 is 6.03 Å². The van der Waals surface area contributed by atoms with E-state index in [1.54, 1.807) is 35.6 Å². The molecule has 3 rings (SSSR count). The molecule has 26 heavy (non-hydrogen) atoms. The minimum atomic E-state index is -0.237. The topological polar surface area (TPSA) is 61.4 Å². The van der Waals surface area contributed by atoms with E-state index in [1.807, 2.05) is 25.7 Å². The molecule has 1 aliphatic heterocycles. The van der Waals surface area contributed by atoms with Gasteiger partial charge in [0.1, 0.15) is 0 Å². The SMILES string of the molecule is CCC(C)(C)NC(=O)c1ccc(NC(=O)N2CCc3sccc3C2)cc1. The number of urea groups is 1. The molecule has 0 bridgehead atoms. The van der Waals surface area contributed by atoms with E-state index in [0.717, 1.165) is 19.4 Å². The second-order valence-electron chi connectivity index (χ2n) is 7.24. The van der Waals surface area contributed by atoms with Gasteiger partial charge in [-0.3, -0.25) is 4.79 Å². The number of benzene rings is 1. The molecule has 0 unspecified atom stereocenters. The maximum absolute atomic E-state index is 12.5. The maximum Gasteiger partial charge on any atom is 0.322 e. The van der Waals surface area contributed by atoms with Crippen LogP contribution in [-0.4, -0.2) is 28.9 Å². The van der Waals surface area contributed by atoms with Crippen LogP contribution in [-0.2, 0) is 13.0 Å². The molecule has 5 nitrogen and oxygen atoms in total. The normalized spacial score (nSPS) is 13.9. The van der Waals surface area contributed by atoms with Crippen molar-refractivity contribution in [2.45, 2.75) is 45.7 Å². The van der Waals surface area contributed by atoms with Crippen LogP contribution >= 0.6 is 11.3 Å². The summed E-state index contributed by atoms with van der Waals surface area (Å²) in [6.07, 6.45) is 1.77. The number of carbonyl (C=O) groups excluding carboxylic acids is 2. The molecular formula is C20H25N3O2S. The highest BCUT2D eigenvalue weighted by atomic mass is 32.1. The molecule has 0 radical (unpaired) electrons. The molecule has 1 aliphatic rings. The fraction of sp³-hybridized carbons (Fsp3) is 0.400. The Labute approximate surface area is 158 Å². The van der Waals surface area contributed by atoms with Crippen molar-refractivity contribution in [2.75, 3.05) is 11.9 Å². The fourth-order valence-electron chi connectivity index (χ4n) is 2.80. The molecule has 0 fully saturated rings. The fourth-order valence-corrected chi connectivity index (χ4v) is 3.69. The van der Waals surface area contributed by atoms with Gasteiger partial charge in [-0.05, 0) is 68.0 Å². The molecule has 3 amide bonds. The summed E-state index contributed by atoms with van der Waals surface area (Å²) in [4.78, 5) is 28.0. The van der Waals surface area contributed by atoms with Crippen molar-refractivity contribution in [1.29, 1.82) is 0 Å². The third kappa shape index (κ3) is 4.25. The Morgan fingerprint density at radius 3 is 2.62 bits per heavy atom. The van der Waals surface area contributed by atoms with Crippen LogP contribution in [0.5, 0.6) is 0 Å². The van der Waals surface area contributed by atoms with Crippen LogP contribution < -0.4 is 10.6 Å². The van der Waals surface area contributed by atoms with Gasteiger partial charge in [0.15, 0.2) is 0 Å². The first kappa shape index (κ1) is 18.5. The molecule has 0 spiro atoms. The molecule has 2 heterocycles. The summed E-state index contributed by atoms with van der Waals surface area (Å²) in [6.45, 7) is 7.41. The molecular weight excluding hydrogens is 346 g/mol. The quantitative estimate of drug-likeness (QED) is 0.844. The summed E-state index contributed by atoms with van der Waals surface area (Å²) in [7, 11) is 0. The zero-order chi connectivity index (χ0) is 18.7. The average molecular weight is 372 g/mol. The van der Waals surface area contributed by atoms with Gasteiger partial charge in [-0.1, -0.05) is 6.92 Å². The van der Waals surface area contributed by atoms with E-state index in [0.29, 0.717) is 17.8 Å². The van der Waals surface area contributed by atoms with Crippen molar-refractivity contribution in [2.24, 2.45) is 0 Å². The maximum atomic E-state index is 12.5. The van der Waals surface area contributed by atoms with Crippen molar-refractivity contribution < 1.29 is 9.59 Å². The van der Waals surface area contributed by atoms with Crippen LogP contribution in [0, 0.1) is 0 Å². The standard InChI is InChI=1S/C20H25N3O2S/c1-4-20(2,3)22-18(24)14-5-7-16(8-6-14)21-19(25)23-11-9-17-15(13-23)10-12-26-17/h5-8,10,12H,4,9,11,13H2,1-3H3,(H,21,25)(H,22,24). The summed E-state index contributed by atoms with van der Waals surface area (Å²) in [6, 6.07) is 9.00.